The molecule has 0 amide bonds. The third-order valence-corrected chi connectivity index (χ3v) is 4.47. The van der Waals surface area contributed by atoms with Crippen LogP contribution in [0.25, 0.3) is 20.9 Å². The average Bonchev–Trinajstić information content (AvgIpc) is 2.95. The molecule has 0 saturated carbocycles. The van der Waals surface area contributed by atoms with Gasteiger partial charge in [0.2, 0.25) is 0 Å². The maximum Gasteiger partial charge on any atom is 0.143 e. The SMILES string of the molecule is CC(O)c1nc(-c2nc3ccccc3s2)cs1. The van der Waals surface area contributed by atoms with Gasteiger partial charge in [0.1, 0.15) is 21.8 Å². The van der Waals surface area contributed by atoms with Gasteiger partial charge in [0.15, 0.2) is 0 Å². The standard InChI is InChI=1S/C12H10N2OS2/c1-7(15)11-14-9(6-16-11)12-13-8-4-2-3-5-10(8)17-12/h2-7,15H,1H3. The van der Waals surface area contributed by atoms with E-state index in [1.54, 1.807) is 18.3 Å². The second-order valence-electron chi connectivity index (χ2n) is 3.73. The predicted octanol–water partition coefficient (Wildman–Crippen LogP) is 3.47. The van der Waals surface area contributed by atoms with Crippen molar-refractivity contribution >= 4 is 32.9 Å². The topological polar surface area (TPSA) is 46.0 Å². The van der Waals surface area contributed by atoms with Gasteiger partial charge >= 0.3 is 0 Å². The molecule has 3 aromatic rings. The van der Waals surface area contributed by atoms with E-state index in [4.69, 9.17) is 0 Å². The van der Waals surface area contributed by atoms with E-state index >= 15 is 0 Å². The number of aliphatic hydroxyl groups is 1. The molecule has 1 aromatic carbocycles. The zero-order chi connectivity index (χ0) is 11.8. The monoisotopic (exact) mass is 262 g/mol. The Balaban J connectivity index is 2.07. The summed E-state index contributed by atoms with van der Waals surface area (Å²) in [7, 11) is 0. The van der Waals surface area contributed by atoms with Crippen molar-refractivity contribution in [2.75, 3.05) is 0 Å². The first-order chi connectivity index (χ1) is 8.24. The summed E-state index contributed by atoms with van der Waals surface area (Å²) in [6.07, 6.45) is -0.511. The van der Waals surface area contributed by atoms with Crippen molar-refractivity contribution in [2.45, 2.75) is 13.0 Å². The fourth-order valence-electron chi connectivity index (χ4n) is 1.56. The molecule has 0 aliphatic heterocycles. The van der Waals surface area contributed by atoms with Crippen LogP contribution in [-0.4, -0.2) is 15.1 Å². The van der Waals surface area contributed by atoms with Crippen molar-refractivity contribution in [1.29, 1.82) is 0 Å². The number of thiazole rings is 2. The van der Waals surface area contributed by atoms with Crippen LogP contribution in [0, 0.1) is 0 Å². The lowest BCUT2D eigenvalue weighted by atomic mass is 10.3. The van der Waals surface area contributed by atoms with Gasteiger partial charge in [-0.25, -0.2) is 9.97 Å². The van der Waals surface area contributed by atoms with Crippen molar-refractivity contribution in [3.8, 4) is 10.7 Å². The van der Waals surface area contributed by atoms with Crippen LogP contribution in [0.3, 0.4) is 0 Å². The Morgan fingerprint density at radius 1 is 1.24 bits per heavy atom. The fourth-order valence-corrected chi connectivity index (χ4v) is 3.31. The number of rotatable bonds is 2. The minimum absolute atomic E-state index is 0.511. The Hall–Kier alpha value is -1.30. The minimum Gasteiger partial charge on any atom is -0.386 e. The molecule has 0 aliphatic rings. The van der Waals surface area contributed by atoms with E-state index in [1.807, 2.05) is 23.6 Å². The lowest BCUT2D eigenvalue weighted by Crippen LogP contribution is -1.88. The van der Waals surface area contributed by atoms with E-state index < -0.39 is 6.10 Å². The zero-order valence-corrected chi connectivity index (χ0v) is 10.8. The summed E-state index contributed by atoms with van der Waals surface area (Å²) in [4.78, 5) is 8.93. The molecule has 1 unspecified atom stereocenters. The van der Waals surface area contributed by atoms with Gasteiger partial charge in [-0.15, -0.1) is 22.7 Å². The van der Waals surface area contributed by atoms with Crippen molar-refractivity contribution in [2.24, 2.45) is 0 Å². The van der Waals surface area contributed by atoms with Crippen LogP contribution in [0.15, 0.2) is 29.6 Å². The van der Waals surface area contributed by atoms with E-state index in [0.717, 1.165) is 25.9 Å². The Morgan fingerprint density at radius 3 is 2.76 bits per heavy atom. The summed E-state index contributed by atoms with van der Waals surface area (Å²) < 4.78 is 1.16. The number of aliphatic hydroxyl groups excluding tert-OH is 1. The maximum absolute atomic E-state index is 9.45. The minimum atomic E-state index is -0.511. The molecular formula is C12H10N2OS2. The van der Waals surface area contributed by atoms with Gasteiger partial charge < -0.3 is 5.11 Å². The number of nitrogens with zero attached hydrogens (tertiary/aromatic N) is 2. The van der Waals surface area contributed by atoms with Gasteiger partial charge in [-0.1, -0.05) is 12.1 Å². The van der Waals surface area contributed by atoms with Crippen LogP contribution in [0.2, 0.25) is 0 Å². The van der Waals surface area contributed by atoms with Gasteiger partial charge in [0.05, 0.1) is 10.2 Å². The summed E-state index contributed by atoms with van der Waals surface area (Å²) in [5, 5.41) is 13.0. The van der Waals surface area contributed by atoms with Crippen molar-refractivity contribution < 1.29 is 5.11 Å². The highest BCUT2D eigenvalue weighted by molar-refractivity contribution is 7.21. The van der Waals surface area contributed by atoms with E-state index in [0.29, 0.717) is 0 Å². The maximum atomic E-state index is 9.45. The Kier molecular flexibility index (Phi) is 2.66. The summed E-state index contributed by atoms with van der Waals surface area (Å²) in [5.74, 6) is 0. The first kappa shape index (κ1) is 10.8. The molecule has 3 nitrogen and oxygen atoms in total. The number of hydrogen-bond acceptors (Lipinski definition) is 5. The Morgan fingerprint density at radius 2 is 2.06 bits per heavy atom. The third-order valence-electron chi connectivity index (χ3n) is 2.39. The summed E-state index contributed by atoms with van der Waals surface area (Å²) >= 11 is 3.09. The summed E-state index contributed by atoms with van der Waals surface area (Å²) in [6, 6.07) is 8.04. The normalized spacial score (nSPS) is 13.1. The molecule has 3 rings (SSSR count). The molecule has 2 heterocycles. The second kappa shape index (κ2) is 4.18. The molecule has 86 valence electrons. The summed E-state index contributed by atoms with van der Waals surface area (Å²) in [5.41, 5.74) is 1.85. The predicted molar refractivity (Wildman–Crippen MR) is 71.4 cm³/mol. The molecule has 0 fully saturated rings. The molecule has 0 bridgehead atoms. The van der Waals surface area contributed by atoms with Gasteiger partial charge in [0, 0.05) is 5.38 Å². The molecule has 1 N–H and O–H groups in total. The zero-order valence-electron chi connectivity index (χ0n) is 9.12. The van der Waals surface area contributed by atoms with Gasteiger partial charge in [0.25, 0.3) is 0 Å². The second-order valence-corrected chi connectivity index (χ2v) is 5.65. The van der Waals surface area contributed by atoms with Crippen LogP contribution >= 0.6 is 22.7 Å². The number of hydrogen-bond donors (Lipinski definition) is 1. The summed E-state index contributed by atoms with van der Waals surface area (Å²) in [6.45, 7) is 1.72. The molecule has 1 atom stereocenters. The molecule has 0 aliphatic carbocycles. The van der Waals surface area contributed by atoms with Gasteiger partial charge in [-0.3, -0.25) is 0 Å². The first-order valence-electron chi connectivity index (χ1n) is 5.23. The highest BCUT2D eigenvalue weighted by atomic mass is 32.1. The van der Waals surface area contributed by atoms with Crippen molar-refractivity contribution in [3.05, 3.63) is 34.7 Å². The highest BCUT2D eigenvalue weighted by Crippen LogP contribution is 2.31. The largest absolute Gasteiger partial charge is 0.386 e. The van der Waals surface area contributed by atoms with Gasteiger partial charge in [-0.2, -0.15) is 0 Å². The number of aromatic nitrogens is 2. The van der Waals surface area contributed by atoms with E-state index in [2.05, 4.69) is 16.0 Å². The van der Waals surface area contributed by atoms with Crippen LogP contribution < -0.4 is 0 Å². The lowest BCUT2D eigenvalue weighted by Gasteiger charge is -1.95. The van der Waals surface area contributed by atoms with Crippen molar-refractivity contribution in [1.82, 2.24) is 9.97 Å². The third kappa shape index (κ3) is 1.97. The van der Waals surface area contributed by atoms with E-state index in [-0.39, 0.29) is 0 Å². The lowest BCUT2D eigenvalue weighted by molar-refractivity contribution is 0.199. The number of fused-ring (bicyclic) bond motifs is 1. The van der Waals surface area contributed by atoms with E-state index in [9.17, 15) is 5.11 Å². The van der Waals surface area contributed by atoms with E-state index in [1.165, 1.54) is 11.3 Å². The average molecular weight is 262 g/mol. The quantitative estimate of drug-likeness (QED) is 0.769. The van der Waals surface area contributed by atoms with Crippen LogP contribution in [0.1, 0.15) is 18.0 Å². The first-order valence-corrected chi connectivity index (χ1v) is 6.93. The smallest absolute Gasteiger partial charge is 0.143 e. The van der Waals surface area contributed by atoms with Crippen LogP contribution in [-0.2, 0) is 0 Å². The van der Waals surface area contributed by atoms with Crippen LogP contribution in [0.4, 0.5) is 0 Å². The van der Waals surface area contributed by atoms with Crippen LogP contribution in [0.5, 0.6) is 0 Å². The Bertz CT molecular complexity index is 624. The highest BCUT2D eigenvalue weighted by Gasteiger charge is 2.12. The molecule has 0 spiro atoms. The Labute approximate surface area is 106 Å². The molecule has 5 heteroatoms. The molecule has 0 radical (unpaired) electrons. The number of para-hydroxylation sites is 1. The fraction of sp³-hybridized carbons (Fsp3) is 0.167. The molecule has 17 heavy (non-hydrogen) atoms. The molecule has 0 saturated heterocycles. The number of benzene rings is 1. The van der Waals surface area contributed by atoms with Gasteiger partial charge in [-0.05, 0) is 19.1 Å². The van der Waals surface area contributed by atoms with Crippen molar-refractivity contribution in [3.63, 3.8) is 0 Å². The molecular weight excluding hydrogens is 252 g/mol. The molecule has 2 aromatic heterocycles.